The Morgan fingerprint density at radius 1 is 1.39 bits per heavy atom. The molecule has 0 spiro atoms. The molecular weight excluding hydrogens is 334 g/mol. The zero-order valence-corrected chi connectivity index (χ0v) is 14.1. The maximum Gasteiger partial charge on any atom is 0.343 e. The van der Waals surface area contributed by atoms with Crippen LogP contribution in [0.1, 0.15) is 5.56 Å². The number of carbonyl (C=O) groups is 2. The summed E-state index contributed by atoms with van der Waals surface area (Å²) in [6.45, 7) is 3.88. The van der Waals surface area contributed by atoms with Crippen LogP contribution in [0.4, 0.5) is 0 Å². The molecule has 5 nitrogen and oxygen atoms in total. The summed E-state index contributed by atoms with van der Waals surface area (Å²) in [5.41, 5.74) is 0.842. The van der Waals surface area contributed by atoms with Crippen LogP contribution in [0.25, 0.3) is 6.08 Å². The summed E-state index contributed by atoms with van der Waals surface area (Å²) in [4.78, 5) is 25.3. The Labute approximate surface area is 143 Å². The number of ether oxygens (including phenoxy) is 2. The number of methoxy groups -OCH3 is 1. The third-order valence-electron chi connectivity index (χ3n) is 2.95. The topological polar surface area (TPSA) is 55.8 Å². The van der Waals surface area contributed by atoms with Gasteiger partial charge >= 0.3 is 5.97 Å². The zero-order valence-electron chi connectivity index (χ0n) is 12.5. The van der Waals surface area contributed by atoms with Gasteiger partial charge in [-0.25, -0.2) is 4.79 Å². The first-order valence-electron chi connectivity index (χ1n) is 6.71. The second-order valence-corrected chi connectivity index (χ2v) is 6.19. The molecule has 1 fully saturated rings. The van der Waals surface area contributed by atoms with Gasteiger partial charge in [-0.3, -0.25) is 9.69 Å². The van der Waals surface area contributed by atoms with Crippen LogP contribution < -0.4 is 4.74 Å². The molecule has 0 aromatic heterocycles. The summed E-state index contributed by atoms with van der Waals surface area (Å²) in [5, 5.41) is 0. The predicted octanol–water partition coefficient (Wildman–Crippen LogP) is 2.63. The highest BCUT2D eigenvalue weighted by atomic mass is 32.2. The van der Waals surface area contributed by atoms with Crippen LogP contribution in [-0.2, 0) is 14.3 Å². The summed E-state index contributed by atoms with van der Waals surface area (Å²) in [5.74, 6) is -0.0161. The van der Waals surface area contributed by atoms with Crippen LogP contribution in [-0.4, -0.2) is 41.4 Å². The Kier molecular flexibility index (Phi) is 5.95. The van der Waals surface area contributed by atoms with Crippen molar-refractivity contribution in [1.82, 2.24) is 4.90 Å². The number of esters is 1. The highest BCUT2D eigenvalue weighted by molar-refractivity contribution is 8.26. The largest absolute Gasteiger partial charge is 0.482 e. The van der Waals surface area contributed by atoms with E-state index in [0.29, 0.717) is 21.5 Å². The van der Waals surface area contributed by atoms with Gasteiger partial charge in [-0.1, -0.05) is 42.2 Å². The molecule has 1 saturated heterocycles. The molecule has 23 heavy (non-hydrogen) atoms. The first-order valence-corrected chi connectivity index (χ1v) is 7.93. The zero-order chi connectivity index (χ0) is 16.8. The van der Waals surface area contributed by atoms with Crippen molar-refractivity contribution in [3.05, 3.63) is 47.4 Å². The molecule has 0 atom stereocenters. The summed E-state index contributed by atoms with van der Waals surface area (Å²) >= 11 is 6.45. The molecule has 1 aliphatic rings. The van der Waals surface area contributed by atoms with Crippen molar-refractivity contribution in [3.8, 4) is 5.75 Å². The molecule has 0 unspecified atom stereocenters. The number of carbonyl (C=O) groups excluding carboxylic acids is 2. The summed E-state index contributed by atoms with van der Waals surface area (Å²) in [6.07, 6.45) is 3.41. The summed E-state index contributed by atoms with van der Waals surface area (Å²) < 4.78 is 10.3. The van der Waals surface area contributed by atoms with Gasteiger partial charge in [-0.2, -0.15) is 0 Å². The third-order valence-corrected chi connectivity index (χ3v) is 4.33. The lowest BCUT2D eigenvalue weighted by Crippen LogP contribution is -2.27. The van der Waals surface area contributed by atoms with Crippen molar-refractivity contribution in [2.45, 2.75) is 0 Å². The highest BCUT2D eigenvalue weighted by Crippen LogP contribution is 2.32. The lowest BCUT2D eigenvalue weighted by Gasteiger charge is -2.10. The Morgan fingerprint density at radius 2 is 2.09 bits per heavy atom. The van der Waals surface area contributed by atoms with Crippen LogP contribution in [0.3, 0.4) is 0 Å². The molecule has 1 aliphatic heterocycles. The summed E-state index contributed by atoms with van der Waals surface area (Å²) in [6, 6.07) is 7.04. The van der Waals surface area contributed by atoms with Gasteiger partial charge in [-0.05, 0) is 23.8 Å². The van der Waals surface area contributed by atoms with Crippen LogP contribution in [0.15, 0.2) is 41.8 Å². The molecular formula is C16H15NO4S2. The van der Waals surface area contributed by atoms with Crippen molar-refractivity contribution in [2.75, 3.05) is 20.3 Å². The molecule has 2 rings (SSSR count). The Hall–Kier alpha value is -2.12. The van der Waals surface area contributed by atoms with E-state index in [1.165, 1.54) is 23.8 Å². The number of benzene rings is 1. The molecule has 0 bridgehead atoms. The standard InChI is InChI=1S/C16H15NO4S2/c1-3-8-17-15(19)13(23-16(17)22)9-11-4-6-12(7-5-11)21-10-14(18)20-2/h3-7,9H,1,8,10H2,2H3/b13-9+. The molecule has 1 amide bonds. The normalized spacial score (nSPS) is 15.9. The second kappa shape index (κ2) is 7.94. The average Bonchev–Trinajstić information content (AvgIpc) is 2.82. The molecule has 0 aliphatic carbocycles. The minimum Gasteiger partial charge on any atom is -0.482 e. The van der Waals surface area contributed by atoms with Gasteiger partial charge in [0.25, 0.3) is 5.91 Å². The lowest BCUT2D eigenvalue weighted by molar-refractivity contribution is -0.142. The van der Waals surface area contributed by atoms with Gasteiger partial charge < -0.3 is 9.47 Å². The molecule has 1 aromatic carbocycles. The fourth-order valence-electron chi connectivity index (χ4n) is 1.80. The first-order chi connectivity index (χ1) is 11.0. The van der Waals surface area contributed by atoms with Crippen LogP contribution in [0.2, 0.25) is 0 Å². The van der Waals surface area contributed by atoms with Crippen molar-refractivity contribution < 1.29 is 19.1 Å². The Bertz CT molecular complexity index is 667. The number of nitrogens with zero attached hydrogens (tertiary/aromatic N) is 1. The van der Waals surface area contributed by atoms with Gasteiger partial charge in [0, 0.05) is 6.54 Å². The highest BCUT2D eigenvalue weighted by Gasteiger charge is 2.30. The molecule has 120 valence electrons. The van der Waals surface area contributed by atoms with Crippen molar-refractivity contribution >= 4 is 46.3 Å². The smallest absolute Gasteiger partial charge is 0.343 e. The van der Waals surface area contributed by atoms with E-state index in [4.69, 9.17) is 17.0 Å². The average molecular weight is 349 g/mol. The van der Waals surface area contributed by atoms with E-state index >= 15 is 0 Å². The number of hydrogen-bond donors (Lipinski definition) is 0. The van der Waals surface area contributed by atoms with Crippen LogP contribution >= 0.6 is 24.0 Å². The SMILES string of the molecule is C=CCN1C(=O)/C(=C\c2ccc(OCC(=O)OC)cc2)SC1=S. The van der Waals surface area contributed by atoms with E-state index in [2.05, 4.69) is 11.3 Å². The van der Waals surface area contributed by atoms with E-state index in [1.807, 2.05) is 0 Å². The van der Waals surface area contributed by atoms with E-state index in [1.54, 1.807) is 36.4 Å². The predicted molar refractivity (Wildman–Crippen MR) is 94.0 cm³/mol. The molecule has 7 heteroatoms. The molecule has 0 saturated carbocycles. The van der Waals surface area contributed by atoms with Gasteiger partial charge in [0.1, 0.15) is 10.1 Å². The number of hydrogen-bond acceptors (Lipinski definition) is 6. The first kappa shape index (κ1) is 17.2. The second-order valence-electron chi connectivity index (χ2n) is 4.51. The van der Waals surface area contributed by atoms with Crippen molar-refractivity contribution in [2.24, 2.45) is 0 Å². The van der Waals surface area contributed by atoms with E-state index in [9.17, 15) is 9.59 Å². The summed E-state index contributed by atoms with van der Waals surface area (Å²) in [7, 11) is 1.30. The van der Waals surface area contributed by atoms with Gasteiger partial charge in [0.05, 0.1) is 12.0 Å². The fourth-order valence-corrected chi connectivity index (χ4v) is 3.07. The minimum absolute atomic E-state index is 0.120. The number of thiocarbonyl (C=S) groups is 1. The maximum atomic E-state index is 12.2. The van der Waals surface area contributed by atoms with E-state index < -0.39 is 5.97 Å². The van der Waals surface area contributed by atoms with Crippen LogP contribution in [0, 0.1) is 0 Å². The van der Waals surface area contributed by atoms with E-state index in [0.717, 1.165) is 5.56 Å². The molecule has 0 N–H and O–H groups in total. The molecule has 1 heterocycles. The Balaban J connectivity index is 2.05. The maximum absolute atomic E-state index is 12.2. The van der Waals surface area contributed by atoms with Gasteiger partial charge in [-0.15, -0.1) is 6.58 Å². The van der Waals surface area contributed by atoms with Crippen molar-refractivity contribution in [3.63, 3.8) is 0 Å². The number of amides is 1. The molecule has 1 aromatic rings. The third kappa shape index (κ3) is 4.43. The Morgan fingerprint density at radius 3 is 2.70 bits per heavy atom. The van der Waals surface area contributed by atoms with E-state index in [-0.39, 0.29) is 12.5 Å². The van der Waals surface area contributed by atoms with Gasteiger partial charge in [0.15, 0.2) is 6.61 Å². The fraction of sp³-hybridized carbons (Fsp3) is 0.188. The van der Waals surface area contributed by atoms with Gasteiger partial charge in [0.2, 0.25) is 0 Å². The lowest BCUT2D eigenvalue weighted by atomic mass is 10.2. The van der Waals surface area contributed by atoms with Crippen LogP contribution in [0.5, 0.6) is 5.75 Å². The minimum atomic E-state index is -0.444. The monoisotopic (exact) mass is 349 g/mol. The number of thioether (sulfide) groups is 1. The number of rotatable bonds is 6. The van der Waals surface area contributed by atoms with Crippen molar-refractivity contribution in [1.29, 1.82) is 0 Å². The molecule has 0 radical (unpaired) electrons. The quantitative estimate of drug-likeness (QED) is 0.341.